The Labute approximate surface area is 93.7 Å². The van der Waals surface area contributed by atoms with Crippen molar-refractivity contribution in [1.82, 2.24) is 9.88 Å². The average Bonchev–Trinajstić information content (AvgIpc) is 2.63. The number of fused-ring (bicyclic) bond motifs is 3. The van der Waals surface area contributed by atoms with E-state index in [4.69, 9.17) is 0 Å². The molecule has 0 amide bonds. The van der Waals surface area contributed by atoms with Gasteiger partial charge in [-0.25, -0.2) is 0 Å². The van der Waals surface area contributed by atoms with Crippen LogP contribution in [0, 0.1) is 0 Å². The molecule has 2 nitrogen and oxygen atoms in total. The molecule has 0 radical (unpaired) electrons. The van der Waals surface area contributed by atoms with Crippen molar-refractivity contribution in [3.05, 3.63) is 30.0 Å². The van der Waals surface area contributed by atoms with E-state index in [1.165, 1.54) is 21.5 Å². The van der Waals surface area contributed by atoms with Crippen molar-refractivity contribution in [2.75, 3.05) is 12.8 Å². The van der Waals surface area contributed by atoms with Gasteiger partial charge in [0.1, 0.15) is 0 Å². The molecule has 1 aromatic heterocycles. The number of hydrogen-bond acceptors (Lipinski definition) is 2. The summed E-state index contributed by atoms with van der Waals surface area (Å²) in [5.74, 6) is 0. The molecule has 0 bridgehead atoms. The molecular weight excluding hydrogens is 204 g/mol. The zero-order chi connectivity index (χ0) is 10.3. The number of hydrogen-bond donors (Lipinski definition) is 1. The summed E-state index contributed by atoms with van der Waals surface area (Å²) in [5.41, 5.74) is 2.84. The topological polar surface area (TPSA) is 17.0 Å². The lowest BCUT2D eigenvalue weighted by Gasteiger charge is -2.18. The van der Waals surface area contributed by atoms with Crippen molar-refractivity contribution in [3.63, 3.8) is 0 Å². The minimum absolute atomic E-state index is 1.00. The van der Waals surface area contributed by atoms with Crippen LogP contribution in [0.25, 0.3) is 10.9 Å². The van der Waals surface area contributed by atoms with Crippen molar-refractivity contribution in [3.8, 4) is 0 Å². The molecule has 1 aromatic carbocycles. The smallest absolute Gasteiger partial charge is 0.0495 e. The van der Waals surface area contributed by atoms with Crippen LogP contribution in [-0.4, -0.2) is 17.4 Å². The van der Waals surface area contributed by atoms with Gasteiger partial charge in [-0.05, 0) is 12.3 Å². The first kappa shape index (κ1) is 9.31. The summed E-state index contributed by atoms with van der Waals surface area (Å²) < 4.78 is 2.46. The third kappa shape index (κ3) is 1.30. The fraction of sp³-hybridized carbons (Fsp3) is 0.333. The Morgan fingerprint density at radius 2 is 2.20 bits per heavy atom. The third-order valence-corrected chi connectivity index (χ3v) is 3.90. The molecule has 1 aliphatic heterocycles. The van der Waals surface area contributed by atoms with Crippen molar-refractivity contribution in [2.45, 2.75) is 18.0 Å². The van der Waals surface area contributed by atoms with Crippen LogP contribution in [0.2, 0.25) is 0 Å². The van der Waals surface area contributed by atoms with Gasteiger partial charge in [0.05, 0.1) is 0 Å². The monoisotopic (exact) mass is 218 g/mol. The highest BCUT2D eigenvalue weighted by Gasteiger charge is 2.17. The van der Waals surface area contributed by atoms with Gasteiger partial charge in [-0.2, -0.15) is 0 Å². The van der Waals surface area contributed by atoms with Gasteiger partial charge in [0.25, 0.3) is 0 Å². The number of nitrogens with zero attached hydrogens (tertiary/aromatic N) is 1. The lowest BCUT2D eigenvalue weighted by atomic mass is 10.2. The molecule has 0 aliphatic carbocycles. The summed E-state index contributed by atoms with van der Waals surface area (Å²) in [6.07, 6.45) is 2.16. The number of para-hydroxylation sites is 1. The zero-order valence-corrected chi connectivity index (χ0v) is 9.60. The van der Waals surface area contributed by atoms with Crippen molar-refractivity contribution in [1.29, 1.82) is 0 Å². The Bertz CT molecular complexity index is 469. The Morgan fingerprint density at radius 1 is 1.33 bits per heavy atom. The molecule has 1 aliphatic rings. The summed E-state index contributed by atoms with van der Waals surface area (Å²) in [7, 11) is 0. The SMILES string of the molecule is CSc1c2n(c3ccccc13)CCNC2. The van der Waals surface area contributed by atoms with Gasteiger partial charge in [0.2, 0.25) is 0 Å². The van der Waals surface area contributed by atoms with E-state index >= 15 is 0 Å². The van der Waals surface area contributed by atoms with E-state index in [9.17, 15) is 0 Å². The molecule has 3 rings (SSSR count). The minimum Gasteiger partial charge on any atom is -0.341 e. The summed E-state index contributed by atoms with van der Waals surface area (Å²) in [4.78, 5) is 1.44. The Kier molecular flexibility index (Phi) is 2.22. The first-order chi connectivity index (χ1) is 7.42. The molecule has 3 heteroatoms. The van der Waals surface area contributed by atoms with E-state index < -0.39 is 0 Å². The number of thioether (sulfide) groups is 1. The molecule has 0 fully saturated rings. The highest BCUT2D eigenvalue weighted by atomic mass is 32.2. The fourth-order valence-electron chi connectivity index (χ4n) is 2.38. The van der Waals surface area contributed by atoms with Gasteiger partial charge in [-0.15, -0.1) is 11.8 Å². The van der Waals surface area contributed by atoms with E-state index in [2.05, 4.69) is 40.4 Å². The molecule has 2 heterocycles. The summed E-state index contributed by atoms with van der Waals surface area (Å²) in [6, 6.07) is 8.71. The lowest BCUT2D eigenvalue weighted by molar-refractivity contribution is 0.520. The highest BCUT2D eigenvalue weighted by Crippen LogP contribution is 2.33. The first-order valence-corrected chi connectivity index (χ1v) is 6.49. The van der Waals surface area contributed by atoms with Gasteiger partial charge < -0.3 is 9.88 Å². The number of rotatable bonds is 1. The predicted octanol–water partition coefficient (Wildman–Crippen LogP) is 2.47. The van der Waals surface area contributed by atoms with E-state index in [1.807, 2.05) is 11.8 Å². The Morgan fingerprint density at radius 3 is 3.07 bits per heavy atom. The quantitative estimate of drug-likeness (QED) is 0.741. The maximum atomic E-state index is 3.44. The Balaban J connectivity index is 2.37. The first-order valence-electron chi connectivity index (χ1n) is 5.26. The van der Waals surface area contributed by atoms with E-state index in [0.717, 1.165) is 19.6 Å². The van der Waals surface area contributed by atoms with Gasteiger partial charge >= 0.3 is 0 Å². The second kappa shape index (κ2) is 3.58. The standard InChI is InChI=1S/C12H14N2S/c1-15-12-9-4-2-3-5-10(9)14-7-6-13-8-11(12)14/h2-5,13H,6-8H2,1H3. The summed E-state index contributed by atoms with van der Waals surface area (Å²) in [6.45, 7) is 3.18. The molecule has 78 valence electrons. The predicted molar refractivity (Wildman–Crippen MR) is 65.4 cm³/mol. The largest absolute Gasteiger partial charge is 0.341 e. The summed E-state index contributed by atoms with van der Waals surface area (Å²) in [5, 5.41) is 4.85. The highest BCUT2D eigenvalue weighted by molar-refractivity contribution is 7.98. The fourth-order valence-corrected chi connectivity index (χ4v) is 3.19. The van der Waals surface area contributed by atoms with Gasteiger partial charge in [-0.3, -0.25) is 0 Å². The van der Waals surface area contributed by atoms with Crippen LogP contribution in [0.1, 0.15) is 5.69 Å². The number of nitrogens with one attached hydrogen (secondary N) is 1. The maximum absolute atomic E-state index is 3.44. The molecule has 0 saturated heterocycles. The molecule has 0 unspecified atom stereocenters. The Hall–Kier alpha value is -0.930. The average molecular weight is 218 g/mol. The van der Waals surface area contributed by atoms with Crippen LogP contribution >= 0.6 is 11.8 Å². The third-order valence-electron chi connectivity index (χ3n) is 3.04. The summed E-state index contributed by atoms with van der Waals surface area (Å²) >= 11 is 1.86. The van der Waals surface area contributed by atoms with Crippen LogP contribution in [0.5, 0.6) is 0 Å². The normalized spacial score (nSPS) is 15.5. The second-order valence-corrected chi connectivity index (χ2v) is 4.64. The van der Waals surface area contributed by atoms with E-state index in [-0.39, 0.29) is 0 Å². The van der Waals surface area contributed by atoms with Crippen molar-refractivity contribution in [2.24, 2.45) is 0 Å². The van der Waals surface area contributed by atoms with Crippen molar-refractivity contribution >= 4 is 22.7 Å². The van der Waals surface area contributed by atoms with Crippen LogP contribution in [0.3, 0.4) is 0 Å². The number of benzene rings is 1. The van der Waals surface area contributed by atoms with Crippen LogP contribution < -0.4 is 5.32 Å². The number of aromatic nitrogens is 1. The van der Waals surface area contributed by atoms with Gasteiger partial charge in [0.15, 0.2) is 0 Å². The minimum atomic E-state index is 1.00. The zero-order valence-electron chi connectivity index (χ0n) is 8.79. The molecule has 0 atom stereocenters. The van der Waals surface area contributed by atoms with Crippen LogP contribution in [0.15, 0.2) is 29.2 Å². The van der Waals surface area contributed by atoms with E-state index in [0.29, 0.717) is 0 Å². The second-order valence-electron chi connectivity index (χ2n) is 3.83. The van der Waals surface area contributed by atoms with Gasteiger partial charge in [0, 0.05) is 41.1 Å². The molecule has 0 saturated carbocycles. The van der Waals surface area contributed by atoms with Gasteiger partial charge in [-0.1, -0.05) is 18.2 Å². The lowest BCUT2D eigenvalue weighted by Crippen LogP contribution is -2.27. The van der Waals surface area contributed by atoms with Crippen LogP contribution in [-0.2, 0) is 13.1 Å². The molecular formula is C12H14N2S. The van der Waals surface area contributed by atoms with E-state index in [1.54, 1.807) is 0 Å². The van der Waals surface area contributed by atoms with Crippen molar-refractivity contribution < 1.29 is 0 Å². The molecule has 15 heavy (non-hydrogen) atoms. The molecule has 0 spiro atoms. The maximum Gasteiger partial charge on any atom is 0.0495 e. The molecule has 2 aromatic rings. The van der Waals surface area contributed by atoms with Crippen LogP contribution in [0.4, 0.5) is 0 Å². The molecule has 1 N–H and O–H groups in total.